The van der Waals surface area contributed by atoms with E-state index in [2.05, 4.69) is 10.6 Å². The maximum absolute atomic E-state index is 11.7. The highest BCUT2D eigenvalue weighted by molar-refractivity contribution is 5.81. The molecule has 0 aromatic rings. The molecule has 0 spiro atoms. The number of hydrogen-bond acceptors (Lipinski definition) is 3. The fourth-order valence-corrected chi connectivity index (χ4v) is 2.35. The van der Waals surface area contributed by atoms with E-state index in [0.717, 1.165) is 6.42 Å². The van der Waals surface area contributed by atoms with E-state index in [9.17, 15) is 14.4 Å². The first kappa shape index (κ1) is 17.5. The third-order valence-electron chi connectivity index (χ3n) is 3.69. The third-order valence-corrected chi connectivity index (χ3v) is 3.69. The van der Waals surface area contributed by atoms with Crippen LogP contribution in [-0.4, -0.2) is 35.5 Å². The SMILES string of the molecule is CC(C)(C)C(=O)NCCCC(=O)N[C@H]1CC[C@@H](C(=O)O)C1. The molecule has 2 atom stereocenters. The van der Waals surface area contributed by atoms with Crippen molar-refractivity contribution in [2.24, 2.45) is 11.3 Å². The molecular weight excluding hydrogens is 272 g/mol. The molecule has 0 saturated heterocycles. The molecule has 6 nitrogen and oxygen atoms in total. The van der Waals surface area contributed by atoms with Crippen molar-refractivity contribution in [2.75, 3.05) is 6.54 Å². The lowest BCUT2D eigenvalue weighted by molar-refractivity contribution is -0.141. The summed E-state index contributed by atoms with van der Waals surface area (Å²) in [4.78, 5) is 34.2. The fourth-order valence-electron chi connectivity index (χ4n) is 2.35. The summed E-state index contributed by atoms with van der Waals surface area (Å²) in [6.45, 7) is 6.00. The Morgan fingerprint density at radius 2 is 1.86 bits per heavy atom. The van der Waals surface area contributed by atoms with Crippen molar-refractivity contribution in [3.63, 3.8) is 0 Å². The van der Waals surface area contributed by atoms with Crippen LogP contribution in [0.4, 0.5) is 0 Å². The van der Waals surface area contributed by atoms with Crippen molar-refractivity contribution >= 4 is 17.8 Å². The van der Waals surface area contributed by atoms with Crippen LogP contribution < -0.4 is 10.6 Å². The summed E-state index contributed by atoms with van der Waals surface area (Å²) in [7, 11) is 0. The highest BCUT2D eigenvalue weighted by Crippen LogP contribution is 2.25. The smallest absolute Gasteiger partial charge is 0.306 e. The zero-order valence-corrected chi connectivity index (χ0v) is 13.1. The van der Waals surface area contributed by atoms with Crippen LogP contribution in [0.2, 0.25) is 0 Å². The van der Waals surface area contributed by atoms with Crippen LogP contribution in [0.15, 0.2) is 0 Å². The average molecular weight is 298 g/mol. The Hall–Kier alpha value is -1.59. The van der Waals surface area contributed by atoms with Gasteiger partial charge in [0.2, 0.25) is 11.8 Å². The van der Waals surface area contributed by atoms with Crippen LogP contribution in [0, 0.1) is 11.3 Å². The Morgan fingerprint density at radius 3 is 2.38 bits per heavy atom. The lowest BCUT2D eigenvalue weighted by Crippen LogP contribution is -2.36. The van der Waals surface area contributed by atoms with Crippen LogP contribution >= 0.6 is 0 Å². The van der Waals surface area contributed by atoms with Gasteiger partial charge in [0.25, 0.3) is 0 Å². The fraction of sp³-hybridized carbons (Fsp3) is 0.800. The molecular formula is C15H26N2O4. The number of aliphatic carboxylic acids is 1. The number of carbonyl (C=O) groups is 3. The van der Waals surface area contributed by atoms with Crippen LogP contribution in [0.25, 0.3) is 0 Å². The van der Waals surface area contributed by atoms with Crippen LogP contribution in [0.3, 0.4) is 0 Å². The summed E-state index contributed by atoms with van der Waals surface area (Å²) in [5.74, 6) is -1.21. The molecule has 0 heterocycles. The molecule has 2 amide bonds. The molecule has 0 aromatic heterocycles. The van der Waals surface area contributed by atoms with Gasteiger partial charge in [0.15, 0.2) is 0 Å². The largest absolute Gasteiger partial charge is 0.481 e. The van der Waals surface area contributed by atoms with Crippen molar-refractivity contribution in [1.82, 2.24) is 10.6 Å². The number of carboxylic acids is 1. The third kappa shape index (κ3) is 6.14. The van der Waals surface area contributed by atoms with E-state index in [1.165, 1.54) is 0 Å². The van der Waals surface area contributed by atoms with E-state index < -0.39 is 11.4 Å². The monoisotopic (exact) mass is 298 g/mol. The van der Waals surface area contributed by atoms with Gasteiger partial charge in [-0.25, -0.2) is 0 Å². The zero-order chi connectivity index (χ0) is 16.0. The van der Waals surface area contributed by atoms with E-state index in [4.69, 9.17) is 5.11 Å². The van der Waals surface area contributed by atoms with Crippen LogP contribution in [0.1, 0.15) is 52.9 Å². The normalized spacial score (nSPS) is 21.9. The van der Waals surface area contributed by atoms with E-state index >= 15 is 0 Å². The molecule has 1 fully saturated rings. The maximum atomic E-state index is 11.7. The van der Waals surface area contributed by atoms with Gasteiger partial charge in [-0.2, -0.15) is 0 Å². The van der Waals surface area contributed by atoms with Crippen molar-refractivity contribution in [3.8, 4) is 0 Å². The molecule has 21 heavy (non-hydrogen) atoms. The van der Waals surface area contributed by atoms with Gasteiger partial charge in [-0.15, -0.1) is 0 Å². The summed E-state index contributed by atoms with van der Waals surface area (Å²) >= 11 is 0. The van der Waals surface area contributed by atoms with Gasteiger partial charge < -0.3 is 15.7 Å². The number of carboxylic acid groups (broad SMARTS) is 1. The second-order valence-corrected chi connectivity index (χ2v) is 6.72. The summed E-state index contributed by atoms with van der Waals surface area (Å²) in [6, 6.07) is -0.0252. The molecule has 3 N–H and O–H groups in total. The lowest BCUT2D eigenvalue weighted by Gasteiger charge is -2.17. The van der Waals surface area contributed by atoms with Gasteiger partial charge in [0.1, 0.15) is 0 Å². The maximum Gasteiger partial charge on any atom is 0.306 e. The van der Waals surface area contributed by atoms with E-state index in [-0.39, 0.29) is 23.8 Å². The Kier molecular flexibility index (Phi) is 6.18. The van der Waals surface area contributed by atoms with Crippen molar-refractivity contribution < 1.29 is 19.5 Å². The quantitative estimate of drug-likeness (QED) is 0.644. The second-order valence-electron chi connectivity index (χ2n) is 6.72. The predicted molar refractivity (Wildman–Crippen MR) is 78.6 cm³/mol. The zero-order valence-electron chi connectivity index (χ0n) is 13.1. The molecule has 1 rings (SSSR count). The van der Waals surface area contributed by atoms with Gasteiger partial charge in [-0.1, -0.05) is 20.8 Å². The summed E-state index contributed by atoms with van der Waals surface area (Å²) in [5.41, 5.74) is -0.419. The standard InChI is InChI=1S/C15H26N2O4/c1-15(2,3)14(21)16-8-4-5-12(18)17-11-7-6-10(9-11)13(19)20/h10-11H,4-9H2,1-3H3,(H,16,21)(H,17,18)(H,19,20)/t10-,11+/m1/s1. The lowest BCUT2D eigenvalue weighted by atomic mass is 9.96. The minimum Gasteiger partial charge on any atom is -0.481 e. The molecule has 6 heteroatoms. The molecule has 1 aliphatic carbocycles. The number of rotatable bonds is 6. The number of hydrogen-bond donors (Lipinski definition) is 3. The summed E-state index contributed by atoms with van der Waals surface area (Å²) < 4.78 is 0. The first-order chi connectivity index (χ1) is 9.70. The first-order valence-corrected chi connectivity index (χ1v) is 7.50. The van der Waals surface area contributed by atoms with Crippen LogP contribution in [0.5, 0.6) is 0 Å². The topological polar surface area (TPSA) is 95.5 Å². The second kappa shape index (κ2) is 7.43. The van der Waals surface area contributed by atoms with Gasteiger partial charge in [0, 0.05) is 24.4 Å². The molecule has 120 valence electrons. The summed E-state index contributed by atoms with van der Waals surface area (Å²) in [5, 5.41) is 14.6. The van der Waals surface area contributed by atoms with E-state index in [0.29, 0.717) is 32.2 Å². The molecule has 0 aromatic carbocycles. The number of nitrogens with one attached hydrogen (secondary N) is 2. The molecule has 0 bridgehead atoms. The predicted octanol–water partition coefficient (Wildman–Crippen LogP) is 1.30. The minimum atomic E-state index is -0.781. The Bertz CT molecular complexity index is 401. The van der Waals surface area contributed by atoms with E-state index in [1.54, 1.807) is 0 Å². The Balaban J connectivity index is 2.15. The van der Waals surface area contributed by atoms with Crippen molar-refractivity contribution in [1.29, 1.82) is 0 Å². The van der Waals surface area contributed by atoms with Crippen molar-refractivity contribution in [2.45, 2.75) is 58.9 Å². The molecule has 0 aliphatic heterocycles. The van der Waals surface area contributed by atoms with Crippen molar-refractivity contribution in [3.05, 3.63) is 0 Å². The number of amides is 2. The van der Waals surface area contributed by atoms with Gasteiger partial charge >= 0.3 is 5.97 Å². The van der Waals surface area contributed by atoms with Gasteiger partial charge in [-0.05, 0) is 25.7 Å². The van der Waals surface area contributed by atoms with E-state index in [1.807, 2.05) is 20.8 Å². The molecule has 1 aliphatic rings. The van der Waals surface area contributed by atoms with Gasteiger partial charge in [0.05, 0.1) is 5.92 Å². The average Bonchev–Trinajstić information content (AvgIpc) is 2.81. The molecule has 0 unspecified atom stereocenters. The highest BCUT2D eigenvalue weighted by Gasteiger charge is 2.30. The number of carbonyl (C=O) groups excluding carboxylic acids is 2. The van der Waals surface area contributed by atoms with Gasteiger partial charge in [-0.3, -0.25) is 14.4 Å². The molecule has 0 radical (unpaired) electrons. The Labute approximate surface area is 125 Å². The first-order valence-electron chi connectivity index (χ1n) is 7.50. The van der Waals surface area contributed by atoms with Crippen LogP contribution in [-0.2, 0) is 14.4 Å². The molecule has 1 saturated carbocycles. The summed E-state index contributed by atoms with van der Waals surface area (Å²) in [6.07, 6.45) is 2.80. The Morgan fingerprint density at radius 1 is 1.19 bits per heavy atom. The highest BCUT2D eigenvalue weighted by atomic mass is 16.4. The minimum absolute atomic E-state index is 0.0250.